The van der Waals surface area contributed by atoms with E-state index in [1.807, 2.05) is 55.9 Å². The second kappa shape index (κ2) is 9.34. The molecule has 192 valence electrons. The number of aromatic nitrogens is 8. The Hall–Kier alpha value is -4.64. The predicted molar refractivity (Wildman–Crippen MR) is 143 cm³/mol. The zero-order valence-electron chi connectivity index (χ0n) is 21.4. The van der Waals surface area contributed by atoms with Crippen LogP contribution in [-0.4, -0.2) is 71.8 Å². The van der Waals surface area contributed by atoms with Crippen molar-refractivity contribution in [1.82, 2.24) is 44.6 Å². The highest BCUT2D eigenvalue weighted by atomic mass is 19.1. The van der Waals surface area contributed by atoms with Crippen LogP contribution in [0.2, 0.25) is 0 Å². The van der Waals surface area contributed by atoms with Crippen molar-refractivity contribution in [2.24, 2.45) is 7.05 Å². The van der Waals surface area contributed by atoms with Gasteiger partial charge in [0.2, 0.25) is 0 Å². The van der Waals surface area contributed by atoms with Gasteiger partial charge in [-0.3, -0.25) is 10.1 Å². The van der Waals surface area contributed by atoms with Crippen LogP contribution in [0.4, 0.5) is 4.39 Å². The quantitative estimate of drug-likeness (QED) is 0.328. The van der Waals surface area contributed by atoms with E-state index in [2.05, 4.69) is 30.1 Å². The first kappa shape index (κ1) is 23.7. The molecule has 10 nitrogen and oxygen atoms in total. The zero-order valence-corrected chi connectivity index (χ0v) is 21.4. The molecule has 6 rings (SSSR count). The van der Waals surface area contributed by atoms with E-state index in [-0.39, 0.29) is 0 Å². The monoisotopic (exact) mass is 511 g/mol. The Bertz CT molecular complexity index is 1780. The lowest BCUT2D eigenvalue weighted by molar-refractivity contribution is 0.260. The Morgan fingerprint density at radius 3 is 2.68 bits per heavy atom. The van der Waals surface area contributed by atoms with Crippen LogP contribution in [0, 0.1) is 12.7 Å². The van der Waals surface area contributed by atoms with Gasteiger partial charge in [0.1, 0.15) is 35.2 Å². The summed E-state index contributed by atoms with van der Waals surface area (Å²) in [5.41, 5.74) is 5.63. The number of aryl methyl sites for hydroxylation is 1. The highest BCUT2D eigenvalue weighted by molar-refractivity contribution is 5.96. The summed E-state index contributed by atoms with van der Waals surface area (Å²) >= 11 is 0. The number of nitrogens with one attached hydrogen (secondary N) is 2. The number of likely N-dealkylation sites (N-methyl/N-ethyl adjacent to an activating group) is 1. The average molecular weight is 512 g/mol. The first-order valence-corrected chi connectivity index (χ1v) is 12.1. The van der Waals surface area contributed by atoms with Gasteiger partial charge < -0.3 is 19.2 Å². The number of hydrogen-bond donors (Lipinski definition) is 2. The normalized spacial score (nSPS) is 11.7. The van der Waals surface area contributed by atoms with Crippen molar-refractivity contribution in [2.75, 3.05) is 27.2 Å². The standard InChI is InChI=1S/C27H26FN9O/c1-15-30-14-22(37(15)4)17-11-20-24(34-35-26(20)31-13-17)27-32-21-5-6-29-23(25(21)33-27)16-9-18(28)12-19(10-16)38-8-7-36(2)3/h5-6,9-14H,7-8H2,1-4H3,(H,32,33)(H,31,34,35). The molecular formula is C27H26FN9O. The summed E-state index contributed by atoms with van der Waals surface area (Å²) in [4.78, 5) is 23.7. The van der Waals surface area contributed by atoms with E-state index in [0.717, 1.165) is 34.5 Å². The van der Waals surface area contributed by atoms with Crippen molar-refractivity contribution in [3.63, 3.8) is 0 Å². The van der Waals surface area contributed by atoms with Gasteiger partial charge in [-0.1, -0.05) is 0 Å². The number of imidazole rings is 2. The van der Waals surface area contributed by atoms with Crippen LogP contribution >= 0.6 is 0 Å². The van der Waals surface area contributed by atoms with E-state index in [9.17, 15) is 4.39 Å². The van der Waals surface area contributed by atoms with E-state index in [1.54, 1.807) is 18.5 Å². The van der Waals surface area contributed by atoms with E-state index in [0.29, 0.717) is 46.3 Å². The number of fused-ring (bicyclic) bond motifs is 2. The summed E-state index contributed by atoms with van der Waals surface area (Å²) in [5.74, 6) is 1.51. The third kappa shape index (κ3) is 4.26. The van der Waals surface area contributed by atoms with Gasteiger partial charge in [-0.05, 0) is 45.3 Å². The molecule has 0 bridgehead atoms. The fourth-order valence-electron chi connectivity index (χ4n) is 4.38. The Balaban J connectivity index is 1.41. The zero-order chi connectivity index (χ0) is 26.4. The number of hydrogen-bond acceptors (Lipinski definition) is 7. The molecule has 0 aliphatic heterocycles. The highest BCUT2D eigenvalue weighted by Crippen LogP contribution is 2.33. The van der Waals surface area contributed by atoms with Gasteiger partial charge >= 0.3 is 0 Å². The van der Waals surface area contributed by atoms with Gasteiger partial charge in [0.15, 0.2) is 11.5 Å². The van der Waals surface area contributed by atoms with Crippen LogP contribution in [0.5, 0.6) is 5.75 Å². The lowest BCUT2D eigenvalue weighted by Gasteiger charge is -2.12. The summed E-state index contributed by atoms with van der Waals surface area (Å²) in [6, 6.07) is 8.45. The van der Waals surface area contributed by atoms with E-state index < -0.39 is 5.82 Å². The minimum absolute atomic E-state index is 0.404. The molecule has 38 heavy (non-hydrogen) atoms. The van der Waals surface area contributed by atoms with Crippen molar-refractivity contribution < 1.29 is 9.13 Å². The van der Waals surface area contributed by atoms with Gasteiger partial charge in [0.05, 0.1) is 28.5 Å². The summed E-state index contributed by atoms with van der Waals surface area (Å²) in [6.07, 6.45) is 5.29. The average Bonchev–Trinajstić information content (AvgIpc) is 3.59. The largest absolute Gasteiger partial charge is 0.492 e. The fourth-order valence-corrected chi connectivity index (χ4v) is 4.38. The lowest BCUT2D eigenvalue weighted by Crippen LogP contribution is -2.19. The van der Waals surface area contributed by atoms with Crippen molar-refractivity contribution in [3.05, 3.63) is 60.6 Å². The van der Waals surface area contributed by atoms with Gasteiger partial charge in [-0.2, -0.15) is 5.10 Å². The summed E-state index contributed by atoms with van der Waals surface area (Å²) < 4.78 is 22.3. The van der Waals surface area contributed by atoms with Crippen LogP contribution in [0.3, 0.4) is 0 Å². The van der Waals surface area contributed by atoms with Crippen molar-refractivity contribution in [3.8, 4) is 39.8 Å². The van der Waals surface area contributed by atoms with Gasteiger partial charge in [-0.15, -0.1) is 0 Å². The molecule has 5 heterocycles. The van der Waals surface area contributed by atoms with E-state index >= 15 is 0 Å². The SMILES string of the molecule is Cc1ncc(-c2cnc3[nH]nc(-c4nc5c(-c6cc(F)cc(OCCN(C)C)c6)nccc5[nH]4)c3c2)n1C. The summed E-state index contributed by atoms with van der Waals surface area (Å²) in [6.45, 7) is 3.12. The number of H-pyrrole nitrogens is 2. The Kier molecular flexibility index (Phi) is 5.84. The fraction of sp³-hybridized carbons (Fsp3) is 0.222. The molecule has 0 fully saturated rings. The van der Waals surface area contributed by atoms with Crippen LogP contribution < -0.4 is 4.74 Å². The van der Waals surface area contributed by atoms with Gasteiger partial charge in [0, 0.05) is 43.2 Å². The molecule has 0 unspecified atom stereocenters. The smallest absolute Gasteiger partial charge is 0.159 e. The molecule has 0 aliphatic rings. The first-order valence-electron chi connectivity index (χ1n) is 12.1. The van der Waals surface area contributed by atoms with Crippen molar-refractivity contribution in [1.29, 1.82) is 0 Å². The molecule has 2 N–H and O–H groups in total. The topological polar surface area (TPSA) is 113 Å². The van der Waals surface area contributed by atoms with Crippen molar-refractivity contribution >= 4 is 22.1 Å². The number of benzene rings is 1. The number of aromatic amines is 2. The maximum atomic E-state index is 14.5. The van der Waals surface area contributed by atoms with E-state index in [1.165, 1.54) is 12.1 Å². The molecule has 5 aromatic heterocycles. The van der Waals surface area contributed by atoms with Crippen LogP contribution in [0.25, 0.3) is 56.1 Å². The maximum absolute atomic E-state index is 14.5. The maximum Gasteiger partial charge on any atom is 0.159 e. The third-order valence-corrected chi connectivity index (χ3v) is 6.51. The molecule has 0 amide bonds. The first-order chi connectivity index (χ1) is 18.4. The molecule has 0 atom stereocenters. The number of halogens is 1. The molecule has 6 aromatic rings. The second-order valence-corrected chi connectivity index (χ2v) is 9.41. The van der Waals surface area contributed by atoms with Crippen molar-refractivity contribution in [2.45, 2.75) is 6.92 Å². The molecule has 0 saturated heterocycles. The summed E-state index contributed by atoms with van der Waals surface area (Å²) in [7, 11) is 5.88. The molecule has 0 aliphatic carbocycles. The van der Waals surface area contributed by atoms with E-state index in [4.69, 9.17) is 9.72 Å². The Morgan fingerprint density at radius 1 is 1.03 bits per heavy atom. The Labute approximate surface area is 217 Å². The predicted octanol–water partition coefficient (Wildman–Crippen LogP) is 4.35. The number of nitrogens with zero attached hydrogens (tertiary/aromatic N) is 7. The highest BCUT2D eigenvalue weighted by Gasteiger charge is 2.18. The van der Waals surface area contributed by atoms with Crippen LogP contribution in [-0.2, 0) is 7.05 Å². The molecule has 1 aromatic carbocycles. The lowest BCUT2D eigenvalue weighted by atomic mass is 10.1. The number of pyridine rings is 2. The van der Waals surface area contributed by atoms with Crippen LogP contribution in [0.1, 0.15) is 5.82 Å². The minimum Gasteiger partial charge on any atom is -0.492 e. The second-order valence-electron chi connectivity index (χ2n) is 9.41. The molecule has 0 spiro atoms. The Morgan fingerprint density at radius 2 is 1.89 bits per heavy atom. The third-order valence-electron chi connectivity index (χ3n) is 6.51. The molecule has 0 saturated carbocycles. The molecule has 11 heteroatoms. The molecular weight excluding hydrogens is 485 g/mol. The van der Waals surface area contributed by atoms with Gasteiger partial charge in [0.25, 0.3) is 0 Å². The number of ether oxygens (including phenoxy) is 1. The number of rotatable bonds is 7. The molecule has 0 radical (unpaired) electrons. The minimum atomic E-state index is -0.404. The van der Waals surface area contributed by atoms with Gasteiger partial charge in [-0.25, -0.2) is 19.3 Å². The van der Waals surface area contributed by atoms with Crippen LogP contribution in [0.15, 0.2) is 48.9 Å². The summed E-state index contributed by atoms with van der Waals surface area (Å²) in [5, 5.41) is 8.30.